The normalized spacial score (nSPS) is 10.7. The summed E-state index contributed by atoms with van der Waals surface area (Å²) in [5.74, 6) is 1.39. The number of aromatic nitrogens is 3. The second-order valence-electron chi connectivity index (χ2n) is 5.65. The monoisotopic (exact) mass is 330 g/mol. The molecule has 25 heavy (non-hydrogen) atoms. The van der Waals surface area contributed by atoms with Crippen LogP contribution in [0.3, 0.4) is 0 Å². The van der Waals surface area contributed by atoms with Crippen LogP contribution in [0.15, 0.2) is 59.5 Å². The summed E-state index contributed by atoms with van der Waals surface area (Å²) in [6.07, 6.45) is 6.87. The number of pyridine rings is 1. The van der Waals surface area contributed by atoms with Crippen molar-refractivity contribution in [1.82, 2.24) is 14.8 Å². The summed E-state index contributed by atoms with van der Waals surface area (Å²) in [6, 6.07) is 11.5. The Morgan fingerprint density at radius 1 is 1.24 bits per heavy atom. The second-order valence-corrected chi connectivity index (χ2v) is 5.65. The molecule has 0 spiro atoms. The molecule has 0 aliphatic carbocycles. The molecular formula is C19H14N4O2. The van der Waals surface area contributed by atoms with Crippen LogP contribution < -0.4 is 4.74 Å². The van der Waals surface area contributed by atoms with Crippen LogP contribution in [0.25, 0.3) is 22.3 Å². The van der Waals surface area contributed by atoms with Gasteiger partial charge >= 0.3 is 0 Å². The number of hydrogen-bond acceptors (Lipinski definition) is 5. The van der Waals surface area contributed by atoms with Gasteiger partial charge in [0, 0.05) is 42.2 Å². The Bertz CT molecular complexity index is 1090. The van der Waals surface area contributed by atoms with E-state index in [0.29, 0.717) is 17.9 Å². The molecule has 0 aliphatic rings. The molecule has 0 N–H and O–H groups in total. The maximum atomic E-state index is 9.22. The number of furan rings is 1. The minimum absolute atomic E-state index is 0.451. The Morgan fingerprint density at radius 2 is 2.16 bits per heavy atom. The predicted octanol–water partition coefficient (Wildman–Crippen LogP) is 3.68. The third-order valence-corrected chi connectivity index (χ3v) is 3.86. The van der Waals surface area contributed by atoms with Gasteiger partial charge in [-0.25, -0.2) is 0 Å². The van der Waals surface area contributed by atoms with Crippen molar-refractivity contribution in [3.05, 3.63) is 66.2 Å². The minimum Gasteiger partial charge on any atom is -0.489 e. The minimum atomic E-state index is 0.451. The molecule has 0 fully saturated rings. The first-order valence-corrected chi connectivity index (χ1v) is 7.71. The van der Waals surface area contributed by atoms with Gasteiger partial charge in [0.1, 0.15) is 29.8 Å². The molecule has 0 unspecified atom stereocenters. The first-order chi connectivity index (χ1) is 12.2. The van der Waals surface area contributed by atoms with Crippen LogP contribution in [0.4, 0.5) is 0 Å². The molecule has 0 saturated heterocycles. The molecule has 0 amide bonds. The van der Waals surface area contributed by atoms with Gasteiger partial charge in [0.2, 0.25) is 0 Å². The van der Waals surface area contributed by atoms with Crippen LogP contribution in [0.5, 0.6) is 5.75 Å². The molecule has 1 aromatic carbocycles. The molecule has 0 radical (unpaired) electrons. The van der Waals surface area contributed by atoms with Gasteiger partial charge in [-0.05, 0) is 30.3 Å². The predicted molar refractivity (Wildman–Crippen MR) is 91.7 cm³/mol. The van der Waals surface area contributed by atoms with Gasteiger partial charge in [0.25, 0.3) is 0 Å². The first-order valence-electron chi connectivity index (χ1n) is 7.71. The summed E-state index contributed by atoms with van der Waals surface area (Å²) < 4.78 is 13.4. The van der Waals surface area contributed by atoms with Gasteiger partial charge in [-0.15, -0.1) is 0 Å². The largest absolute Gasteiger partial charge is 0.489 e. The van der Waals surface area contributed by atoms with E-state index in [0.717, 1.165) is 27.8 Å². The summed E-state index contributed by atoms with van der Waals surface area (Å²) in [5.41, 5.74) is 2.96. The Balaban J connectivity index is 1.62. The second kappa shape index (κ2) is 6.13. The van der Waals surface area contributed by atoms with Crippen LogP contribution >= 0.6 is 0 Å². The third kappa shape index (κ3) is 2.95. The standard InChI is InChI=1S/C19H14N4O2/c1-23-11-13(9-22-23)12-24-16-2-3-18-14(6-16)7-19(25-18)17-4-5-21-10-15(17)8-20/h2-7,9-11H,12H2,1H3. The Labute approximate surface area is 143 Å². The Hall–Kier alpha value is -3.59. The van der Waals surface area contributed by atoms with Crippen molar-refractivity contribution in [3.63, 3.8) is 0 Å². The molecule has 6 heteroatoms. The third-order valence-electron chi connectivity index (χ3n) is 3.86. The quantitative estimate of drug-likeness (QED) is 0.570. The highest BCUT2D eigenvalue weighted by Crippen LogP contribution is 2.31. The van der Waals surface area contributed by atoms with Crippen LogP contribution in [0, 0.1) is 11.3 Å². The van der Waals surface area contributed by atoms with Crippen LogP contribution in [0.1, 0.15) is 11.1 Å². The van der Waals surface area contributed by atoms with Gasteiger partial charge in [0.15, 0.2) is 0 Å². The van der Waals surface area contributed by atoms with Crippen LogP contribution in [0.2, 0.25) is 0 Å². The molecule has 0 aliphatic heterocycles. The smallest absolute Gasteiger partial charge is 0.136 e. The lowest BCUT2D eigenvalue weighted by Gasteiger charge is -2.03. The average Bonchev–Trinajstić information content (AvgIpc) is 3.25. The maximum Gasteiger partial charge on any atom is 0.136 e. The van der Waals surface area contributed by atoms with Crippen molar-refractivity contribution >= 4 is 11.0 Å². The molecule has 3 aromatic heterocycles. The lowest BCUT2D eigenvalue weighted by atomic mass is 10.1. The fourth-order valence-electron chi connectivity index (χ4n) is 2.66. The van der Waals surface area contributed by atoms with E-state index in [1.807, 2.05) is 37.5 Å². The Kier molecular flexibility index (Phi) is 3.67. The number of ether oxygens (including phenoxy) is 1. The average molecular weight is 330 g/mol. The zero-order valence-electron chi connectivity index (χ0n) is 13.5. The van der Waals surface area contributed by atoms with E-state index in [1.54, 1.807) is 23.1 Å². The van der Waals surface area contributed by atoms with E-state index in [9.17, 15) is 5.26 Å². The van der Waals surface area contributed by atoms with E-state index < -0.39 is 0 Å². The number of fused-ring (bicyclic) bond motifs is 1. The SMILES string of the molecule is Cn1cc(COc2ccc3oc(-c4ccncc4C#N)cc3c2)cn1. The molecule has 3 heterocycles. The summed E-state index contributed by atoms with van der Waals surface area (Å²) >= 11 is 0. The first kappa shape index (κ1) is 15.0. The number of rotatable bonds is 4. The molecular weight excluding hydrogens is 316 g/mol. The fourth-order valence-corrected chi connectivity index (χ4v) is 2.66. The zero-order chi connectivity index (χ0) is 17.2. The number of benzene rings is 1. The maximum absolute atomic E-state index is 9.22. The van der Waals surface area contributed by atoms with Crippen molar-refractivity contribution < 1.29 is 9.15 Å². The van der Waals surface area contributed by atoms with Crippen molar-refractivity contribution in [2.45, 2.75) is 6.61 Å². The van der Waals surface area contributed by atoms with E-state index in [2.05, 4.69) is 16.2 Å². The van der Waals surface area contributed by atoms with Crippen molar-refractivity contribution in [2.75, 3.05) is 0 Å². The lowest BCUT2D eigenvalue weighted by Crippen LogP contribution is -1.93. The topological polar surface area (TPSA) is 76.9 Å². The molecule has 0 bridgehead atoms. The van der Waals surface area contributed by atoms with Gasteiger partial charge in [-0.1, -0.05) is 0 Å². The van der Waals surface area contributed by atoms with E-state index in [1.165, 1.54) is 6.20 Å². The zero-order valence-corrected chi connectivity index (χ0v) is 13.5. The number of nitriles is 1. The van der Waals surface area contributed by atoms with Gasteiger partial charge in [-0.3, -0.25) is 9.67 Å². The molecule has 4 rings (SSSR count). The number of nitrogens with zero attached hydrogens (tertiary/aromatic N) is 4. The van der Waals surface area contributed by atoms with E-state index >= 15 is 0 Å². The number of hydrogen-bond donors (Lipinski definition) is 0. The van der Waals surface area contributed by atoms with Gasteiger partial charge in [-0.2, -0.15) is 10.4 Å². The van der Waals surface area contributed by atoms with Crippen LogP contribution in [-0.2, 0) is 13.7 Å². The summed E-state index contributed by atoms with van der Waals surface area (Å²) in [6.45, 7) is 0.451. The highest BCUT2D eigenvalue weighted by atomic mass is 16.5. The highest BCUT2D eigenvalue weighted by molar-refractivity contribution is 5.85. The molecule has 0 saturated carbocycles. The molecule has 4 aromatic rings. The fraction of sp³-hybridized carbons (Fsp3) is 0.105. The van der Waals surface area contributed by atoms with Crippen molar-refractivity contribution in [1.29, 1.82) is 5.26 Å². The summed E-state index contributed by atoms with van der Waals surface area (Å²) in [4.78, 5) is 3.97. The Morgan fingerprint density at radius 3 is 2.96 bits per heavy atom. The molecule has 0 atom stereocenters. The molecule has 122 valence electrons. The van der Waals surface area contributed by atoms with E-state index in [4.69, 9.17) is 9.15 Å². The van der Waals surface area contributed by atoms with Crippen molar-refractivity contribution in [3.8, 4) is 23.1 Å². The van der Waals surface area contributed by atoms with Gasteiger partial charge in [0.05, 0.1) is 11.8 Å². The van der Waals surface area contributed by atoms with Crippen molar-refractivity contribution in [2.24, 2.45) is 7.05 Å². The van der Waals surface area contributed by atoms with Crippen LogP contribution in [-0.4, -0.2) is 14.8 Å². The molecule has 6 nitrogen and oxygen atoms in total. The summed E-state index contributed by atoms with van der Waals surface area (Å²) in [7, 11) is 1.87. The summed E-state index contributed by atoms with van der Waals surface area (Å²) in [5, 5.41) is 14.3. The van der Waals surface area contributed by atoms with E-state index in [-0.39, 0.29) is 0 Å². The number of aryl methyl sites for hydroxylation is 1. The van der Waals surface area contributed by atoms with Gasteiger partial charge < -0.3 is 9.15 Å². The highest BCUT2D eigenvalue weighted by Gasteiger charge is 2.11. The lowest BCUT2D eigenvalue weighted by molar-refractivity contribution is 0.306.